The molecule has 6 atom stereocenters. The molecule has 3 N–H and O–H groups in total. The number of phenols is 1. The maximum Gasteiger partial charge on any atom is 0.573 e. The van der Waals surface area contributed by atoms with Gasteiger partial charge in [-0.2, -0.15) is 5.01 Å². The molecule has 2 heterocycles. The summed E-state index contributed by atoms with van der Waals surface area (Å²) in [5.41, 5.74) is 1.30. The van der Waals surface area contributed by atoms with E-state index in [2.05, 4.69) is 10.2 Å². The number of ether oxygens (including phenoxy) is 2. The van der Waals surface area contributed by atoms with Crippen molar-refractivity contribution in [1.82, 2.24) is 9.91 Å². The zero-order chi connectivity index (χ0) is 38.9. The van der Waals surface area contributed by atoms with Crippen molar-refractivity contribution >= 4 is 58.5 Å². The smallest absolute Gasteiger partial charge is 0.508 e. The van der Waals surface area contributed by atoms with E-state index in [0.29, 0.717) is 11.3 Å². The molecule has 2 aliphatic carbocycles. The number of alkyl halides is 3. The van der Waals surface area contributed by atoms with Gasteiger partial charge in [0.2, 0.25) is 11.8 Å². The molecule has 0 radical (unpaired) electrons. The van der Waals surface area contributed by atoms with Crippen molar-refractivity contribution in [3.63, 3.8) is 0 Å². The second-order valence-electron chi connectivity index (χ2n) is 13.5. The van der Waals surface area contributed by atoms with E-state index in [4.69, 9.17) is 27.9 Å². The molecule has 6 unspecified atom stereocenters. The number of nitrogens with zero attached hydrogens (tertiary/aromatic N) is 2. The van der Waals surface area contributed by atoms with Crippen molar-refractivity contribution in [2.45, 2.75) is 37.0 Å². The van der Waals surface area contributed by atoms with E-state index in [-0.39, 0.29) is 46.2 Å². The number of likely N-dealkylation sites (tertiary alicyclic amines) is 1. The number of halogens is 5. The van der Waals surface area contributed by atoms with Crippen molar-refractivity contribution in [3.05, 3.63) is 93.5 Å². The number of fused-ring (bicyclic) bond motifs is 4. The lowest BCUT2D eigenvalue weighted by Gasteiger charge is -2.50. The van der Waals surface area contributed by atoms with Gasteiger partial charge in [0.25, 0.3) is 11.8 Å². The molecule has 7 rings (SSSR count). The number of methoxy groups -OCH3 is 1. The number of amides is 4. The fourth-order valence-electron chi connectivity index (χ4n) is 8.64. The Morgan fingerprint density at radius 3 is 2.31 bits per heavy atom. The van der Waals surface area contributed by atoms with Crippen LogP contribution in [0, 0.1) is 23.7 Å². The first kappa shape index (κ1) is 37.1. The van der Waals surface area contributed by atoms with E-state index >= 15 is 4.79 Å². The largest absolute Gasteiger partial charge is 0.573 e. The first-order valence-corrected chi connectivity index (χ1v) is 17.4. The molecule has 0 aromatic heterocycles. The van der Waals surface area contributed by atoms with Gasteiger partial charge in [-0.1, -0.05) is 47.0 Å². The molecule has 54 heavy (non-hydrogen) atoms. The van der Waals surface area contributed by atoms with Gasteiger partial charge in [0, 0.05) is 23.0 Å². The Morgan fingerprint density at radius 2 is 1.67 bits per heavy atom. The van der Waals surface area contributed by atoms with Crippen LogP contribution < -0.4 is 14.9 Å². The molecule has 3 aromatic carbocycles. The summed E-state index contributed by atoms with van der Waals surface area (Å²) >= 11 is 12.5. The number of imide groups is 2. The molecule has 3 aromatic rings. The van der Waals surface area contributed by atoms with Gasteiger partial charge in [-0.25, -0.2) is 0 Å². The number of aromatic hydroxyl groups is 1. The molecular weight excluding hydrogens is 758 g/mol. The molecule has 0 bridgehead atoms. The SMILES string of the molecule is COc1ccc(C23C(=O)N(Nc4ccc(Cl)cc4Cl)C(=O)C2CC2C(=CCC4C(=O)N(CCC(=O)O)C(=O)C42)C3c2cc(OC(F)(F)F)ccc2O)cc1. The van der Waals surface area contributed by atoms with Gasteiger partial charge < -0.3 is 19.7 Å². The minimum absolute atomic E-state index is 0.0471. The average Bonchev–Trinajstić information content (AvgIpc) is 3.49. The molecular formula is C37H30Cl2F3N3O9. The average molecular weight is 789 g/mol. The number of benzene rings is 3. The first-order valence-electron chi connectivity index (χ1n) is 16.7. The predicted molar refractivity (Wildman–Crippen MR) is 184 cm³/mol. The van der Waals surface area contributed by atoms with Gasteiger partial charge in [-0.3, -0.25) is 34.3 Å². The Balaban J connectivity index is 1.46. The van der Waals surface area contributed by atoms with Crippen LogP contribution in [-0.2, 0) is 29.4 Å². The Kier molecular flexibility index (Phi) is 9.29. The molecule has 2 saturated heterocycles. The van der Waals surface area contributed by atoms with E-state index in [1.165, 1.54) is 25.3 Å². The maximum absolute atomic E-state index is 15.3. The summed E-state index contributed by atoms with van der Waals surface area (Å²) in [6.45, 7) is -0.390. The molecule has 3 fully saturated rings. The molecule has 282 valence electrons. The number of aliphatic carboxylic acids is 1. The van der Waals surface area contributed by atoms with Gasteiger partial charge in [-0.05, 0) is 72.9 Å². The topological polar surface area (TPSA) is 163 Å². The van der Waals surface area contributed by atoms with E-state index in [9.17, 15) is 42.6 Å². The highest BCUT2D eigenvalue weighted by atomic mass is 35.5. The highest BCUT2D eigenvalue weighted by Gasteiger charge is 2.70. The fraction of sp³-hybridized carbons (Fsp3) is 0.324. The van der Waals surface area contributed by atoms with Crippen LogP contribution in [0.15, 0.2) is 72.3 Å². The number of carboxylic acids is 1. The zero-order valence-electron chi connectivity index (χ0n) is 28.1. The quantitative estimate of drug-likeness (QED) is 0.172. The van der Waals surface area contributed by atoms with Crippen LogP contribution in [0.25, 0.3) is 0 Å². The molecule has 12 nitrogen and oxygen atoms in total. The van der Waals surface area contributed by atoms with E-state index in [1.807, 2.05) is 0 Å². The number of carbonyl (C=O) groups is 5. The normalized spacial score (nSPS) is 26.3. The summed E-state index contributed by atoms with van der Waals surface area (Å²) in [7, 11) is 1.42. The Bertz CT molecular complexity index is 2130. The van der Waals surface area contributed by atoms with Crippen LogP contribution in [0.5, 0.6) is 17.2 Å². The number of phenolic OH excluding ortho intramolecular Hbond substituents is 1. The number of carboxylic acid groups (broad SMARTS) is 1. The summed E-state index contributed by atoms with van der Waals surface area (Å²) in [5, 5.41) is 21.9. The van der Waals surface area contributed by atoms with E-state index in [0.717, 1.165) is 28.1 Å². The summed E-state index contributed by atoms with van der Waals surface area (Å²) in [6.07, 6.45) is -4.24. The third-order valence-corrected chi connectivity index (χ3v) is 11.3. The van der Waals surface area contributed by atoms with Crippen LogP contribution in [0.4, 0.5) is 18.9 Å². The van der Waals surface area contributed by atoms with E-state index in [1.54, 1.807) is 30.3 Å². The van der Waals surface area contributed by atoms with Crippen molar-refractivity contribution in [1.29, 1.82) is 0 Å². The highest BCUT2D eigenvalue weighted by Crippen LogP contribution is 2.65. The lowest BCUT2D eigenvalue weighted by Crippen LogP contribution is -2.53. The van der Waals surface area contributed by atoms with Crippen LogP contribution in [0.2, 0.25) is 10.0 Å². The Labute approximate surface area is 315 Å². The summed E-state index contributed by atoms with van der Waals surface area (Å²) in [5.74, 6) is -10.7. The highest BCUT2D eigenvalue weighted by molar-refractivity contribution is 6.36. The minimum atomic E-state index is -5.13. The maximum atomic E-state index is 15.3. The zero-order valence-corrected chi connectivity index (χ0v) is 29.6. The third kappa shape index (κ3) is 5.99. The standard InChI is InChI=1S/C37H30Cl2F3N3O9/c1-53-19-5-2-17(3-6-19)36-25(33(50)45(35(36)52)43-27-10-4-18(38)14-26(27)39)16-23-21(31(36)24-15-20(7-11-28(24)46)54-37(40,41)42)8-9-22-30(23)34(51)44(32(22)49)13-12-29(47)48/h2-8,10-11,14-15,22-23,25,30-31,43,46H,9,12-13,16H2,1H3,(H,47,48). The number of carbonyl (C=O) groups excluding carboxylic acids is 4. The molecule has 0 spiro atoms. The lowest BCUT2D eigenvalue weighted by molar-refractivity contribution is -0.274. The van der Waals surface area contributed by atoms with Crippen molar-refractivity contribution in [2.24, 2.45) is 23.7 Å². The van der Waals surface area contributed by atoms with Gasteiger partial charge in [0.1, 0.15) is 17.2 Å². The number of anilines is 1. The monoisotopic (exact) mass is 787 g/mol. The molecule has 4 amide bonds. The van der Waals surface area contributed by atoms with Crippen LogP contribution >= 0.6 is 23.2 Å². The van der Waals surface area contributed by atoms with Crippen LogP contribution in [0.3, 0.4) is 0 Å². The van der Waals surface area contributed by atoms with Crippen LogP contribution in [0.1, 0.15) is 36.3 Å². The Hall–Kier alpha value is -5.28. The number of allylic oxidation sites excluding steroid dienone is 2. The molecule has 1 saturated carbocycles. The summed E-state index contributed by atoms with van der Waals surface area (Å²) in [6, 6.07) is 13.3. The lowest BCUT2D eigenvalue weighted by atomic mass is 9.49. The van der Waals surface area contributed by atoms with Crippen molar-refractivity contribution in [3.8, 4) is 17.2 Å². The van der Waals surface area contributed by atoms with Gasteiger partial charge in [0.05, 0.1) is 47.4 Å². The van der Waals surface area contributed by atoms with Gasteiger partial charge in [-0.15, -0.1) is 13.2 Å². The van der Waals surface area contributed by atoms with E-state index < -0.39 is 88.9 Å². The number of hydrogen-bond acceptors (Lipinski definition) is 9. The number of hydrogen-bond donors (Lipinski definition) is 3. The van der Waals surface area contributed by atoms with Crippen molar-refractivity contribution in [2.75, 3.05) is 19.1 Å². The summed E-state index contributed by atoms with van der Waals surface area (Å²) in [4.78, 5) is 69.9. The minimum Gasteiger partial charge on any atom is -0.508 e. The fourth-order valence-corrected chi connectivity index (χ4v) is 9.09. The molecule has 4 aliphatic rings. The number of rotatable bonds is 9. The number of nitrogens with one attached hydrogen (secondary N) is 1. The summed E-state index contributed by atoms with van der Waals surface area (Å²) < 4.78 is 50.3. The van der Waals surface area contributed by atoms with Gasteiger partial charge in [0.15, 0.2) is 0 Å². The number of hydrazine groups is 1. The first-order chi connectivity index (χ1) is 25.6. The second-order valence-corrected chi connectivity index (χ2v) is 14.3. The third-order valence-electron chi connectivity index (χ3n) is 10.8. The van der Waals surface area contributed by atoms with Crippen molar-refractivity contribution < 1.29 is 56.8 Å². The van der Waals surface area contributed by atoms with Gasteiger partial charge >= 0.3 is 12.3 Å². The Morgan fingerprint density at radius 1 is 0.963 bits per heavy atom. The predicted octanol–water partition coefficient (Wildman–Crippen LogP) is 6.07. The second kappa shape index (κ2) is 13.5. The molecule has 17 heteroatoms. The molecule has 2 aliphatic heterocycles. The van der Waals surface area contributed by atoms with Crippen LogP contribution in [-0.4, -0.2) is 69.7 Å².